The minimum absolute atomic E-state index is 0.786. The summed E-state index contributed by atoms with van der Waals surface area (Å²) in [6.07, 6.45) is 2.24. The fourth-order valence-corrected chi connectivity index (χ4v) is 1.49. The van der Waals surface area contributed by atoms with Gasteiger partial charge >= 0.3 is 0 Å². The zero-order valence-electron chi connectivity index (χ0n) is 8.38. The van der Waals surface area contributed by atoms with Crippen molar-refractivity contribution < 1.29 is 9.15 Å². The first-order chi connectivity index (χ1) is 6.83. The molecule has 0 aliphatic carbocycles. The smallest absolute Gasteiger partial charge is 0.169 e. The van der Waals surface area contributed by atoms with Crippen LogP contribution >= 0.6 is 15.9 Å². The predicted octanol–water partition coefficient (Wildman–Crippen LogP) is 2.56. The molecule has 0 aromatic carbocycles. The quantitative estimate of drug-likeness (QED) is 0.767. The standard InChI is InChI=1S/C10H16BrNO2/c1-13-7-3-2-6-12-8-9-4-5-10(11)14-9/h4-5,12H,2-3,6-8H2,1H3. The maximum absolute atomic E-state index is 5.34. The van der Waals surface area contributed by atoms with Crippen molar-refractivity contribution in [3.63, 3.8) is 0 Å². The number of halogens is 1. The zero-order valence-corrected chi connectivity index (χ0v) is 9.97. The number of hydrogen-bond donors (Lipinski definition) is 1. The molecule has 0 amide bonds. The van der Waals surface area contributed by atoms with Crippen LogP contribution in [0, 0.1) is 0 Å². The molecule has 1 heterocycles. The van der Waals surface area contributed by atoms with Gasteiger partial charge in [-0.25, -0.2) is 0 Å². The highest BCUT2D eigenvalue weighted by Gasteiger charge is 1.97. The molecule has 0 bridgehead atoms. The third-order valence-corrected chi connectivity index (χ3v) is 2.31. The molecule has 1 N–H and O–H groups in total. The number of methoxy groups -OCH3 is 1. The molecule has 14 heavy (non-hydrogen) atoms. The summed E-state index contributed by atoms with van der Waals surface area (Å²) in [5.74, 6) is 0.962. The highest BCUT2D eigenvalue weighted by atomic mass is 79.9. The second-order valence-corrected chi connectivity index (χ2v) is 3.86. The average Bonchev–Trinajstić information content (AvgIpc) is 2.58. The lowest BCUT2D eigenvalue weighted by atomic mass is 10.3. The topological polar surface area (TPSA) is 34.4 Å². The SMILES string of the molecule is COCCCCNCc1ccc(Br)o1. The van der Waals surface area contributed by atoms with Crippen LogP contribution in [-0.2, 0) is 11.3 Å². The van der Waals surface area contributed by atoms with Crippen LogP contribution in [0.2, 0.25) is 0 Å². The molecule has 0 fully saturated rings. The number of furan rings is 1. The summed E-state index contributed by atoms with van der Waals surface area (Å²) >= 11 is 3.26. The molecule has 0 saturated heterocycles. The predicted molar refractivity (Wildman–Crippen MR) is 59.2 cm³/mol. The largest absolute Gasteiger partial charge is 0.453 e. The Morgan fingerprint density at radius 2 is 2.29 bits per heavy atom. The van der Waals surface area contributed by atoms with Crippen LogP contribution in [0.4, 0.5) is 0 Å². The first-order valence-corrected chi connectivity index (χ1v) is 5.56. The number of rotatable bonds is 7. The van der Waals surface area contributed by atoms with Crippen LogP contribution in [0.25, 0.3) is 0 Å². The fraction of sp³-hybridized carbons (Fsp3) is 0.600. The van der Waals surface area contributed by atoms with Crippen molar-refractivity contribution in [3.8, 4) is 0 Å². The van der Waals surface area contributed by atoms with E-state index in [9.17, 15) is 0 Å². The molecule has 0 atom stereocenters. The summed E-state index contributed by atoms with van der Waals surface area (Å²) in [5.41, 5.74) is 0. The van der Waals surface area contributed by atoms with Crippen molar-refractivity contribution in [3.05, 3.63) is 22.6 Å². The van der Waals surface area contributed by atoms with Crippen LogP contribution in [0.3, 0.4) is 0 Å². The monoisotopic (exact) mass is 261 g/mol. The summed E-state index contributed by atoms with van der Waals surface area (Å²) in [5, 5.41) is 3.30. The third kappa shape index (κ3) is 4.79. The maximum Gasteiger partial charge on any atom is 0.169 e. The van der Waals surface area contributed by atoms with Gasteiger partial charge in [0.05, 0.1) is 6.54 Å². The van der Waals surface area contributed by atoms with Crippen LogP contribution in [-0.4, -0.2) is 20.3 Å². The molecule has 4 heteroatoms. The van der Waals surface area contributed by atoms with E-state index < -0.39 is 0 Å². The zero-order chi connectivity index (χ0) is 10.2. The van der Waals surface area contributed by atoms with E-state index in [0.717, 1.165) is 43.0 Å². The Kier molecular flexibility index (Phi) is 5.91. The van der Waals surface area contributed by atoms with Gasteiger partial charge < -0.3 is 14.5 Å². The maximum atomic E-state index is 5.34. The minimum Gasteiger partial charge on any atom is -0.453 e. The Bertz CT molecular complexity index is 250. The molecule has 1 aromatic heterocycles. The summed E-state index contributed by atoms with van der Waals surface area (Å²) in [7, 11) is 1.73. The molecular weight excluding hydrogens is 246 g/mol. The normalized spacial score (nSPS) is 10.7. The van der Waals surface area contributed by atoms with Crippen LogP contribution in [0.15, 0.2) is 21.2 Å². The van der Waals surface area contributed by atoms with Crippen LogP contribution in [0.1, 0.15) is 18.6 Å². The lowest BCUT2D eigenvalue weighted by Gasteiger charge is -2.01. The van der Waals surface area contributed by atoms with E-state index in [4.69, 9.17) is 9.15 Å². The summed E-state index contributed by atoms with van der Waals surface area (Å²) in [4.78, 5) is 0. The Morgan fingerprint density at radius 1 is 1.43 bits per heavy atom. The van der Waals surface area contributed by atoms with Gasteiger partial charge in [0.25, 0.3) is 0 Å². The second-order valence-electron chi connectivity index (χ2n) is 3.08. The van der Waals surface area contributed by atoms with Crippen molar-refractivity contribution in [2.75, 3.05) is 20.3 Å². The lowest BCUT2D eigenvalue weighted by Crippen LogP contribution is -2.14. The van der Waals surface area contributed by atoms with Gasteiger partial charge in [-0.1, -0.05) is 0 Å². The van der Waals surface area contributed by atoms with E-state index in [1.165, 1.54) is 0 Å². The Labute approximate surface area is 92.9 Å². The average molecular weight is 262 g/mol. The van der Waals surface area contributed by atoms with Gasteiger partial charge in [-0.05, 0) is 47.4 Å². The highest BCUT2D eigenvalue weighted by molar-refractivity contribution is 9.10. The van der Waals surface area contributed by atoms with Crippen molar-refractivity contribution in [1.82, 2.24) is 5.32 Å². The summed E-state index contributed by atoms with van der Waals surface area (Å²) in [6, 6.07) is 3.87. The molecule has 0 aliphatic rings. The van der Waals surface area contributed by atoms with Gasteiger partial charge in [-0.3, -0.25) is 0 Å². The van der Waals surface area contributed by atoms with Gasteiger partial charge in [0, 0.05) is 13.7 Å². The molecule has 1 aromatic rings. The van der Waals surface area contributed by atoms with Gasteiger partial charge in [-0.15, -0.1) is 0 Å². The summed E-state index contributed by atoms with van der Waals surface area (Å²) in [6.45, 7) is 2.63. The molecule has 3 nitrogen and oxygen atoms in total. The van der Waals surface area contributed by atoms with E-state index in [0.29, 0.717) is 0 Å². The van der Waals surface area contributed by atoms with Gasteiger partial charge in [0.15, 0.2) is 4.67 Å². The molecular formula is C10H16BrNO2. The second kappa shape index (κ2) is 7.04. The Morgan fingerprint density at radius 3 is 2.93 bits per heavy atom. The molecule has 0 saturated carbocycles. The molecule has 0 radical (unpaired) electrons. The van der Waals surface area contributed by atoms with Crippen molar-refractivity contribution in [2.24, 2.45) is 0 Å². The first-order valence-electron chi connectivity index (χ1n) is 4.77. The Balaban J connectivity index is 1.99. The van der Waals surface area contributed by atoms with Crippen LogP contribution < -0.4 is 5.32 Å². The van der Waals surface area contributed by atoms with Crippen molar-refractivity contribution >= 4 is 15.9 Å². The van der Waals surface area contributed by atoms with E-state index in [1.54, 1.807) is 7.11 Å². The molecule has 1 rings (SSSR count). The minimum atomic E-state index is 0.786. The van der Waals surface area contributed by atoms with Crippen LogP contribution in [0.5, 0.6) is 0 Å². The highest BCUT2D eigenvalue weighted by Crippen LogP contribution is 2.13. The van der Waals surface area contributed by atoms with Crippen molar-refractivity contribution in [2.45, 2.75) is 19.4 Å². The Hall–Kier alpha value is -0.320. The first kappa shape index (κ1) is 11.8. The van der Waals surface area contributed by atoms with E-state index >= 15 is 0 Å². The van der Waals surface area contributed by atoms with Crippen molar-refractivity contribution in [1.29, 1.82) is 0 Å². The third-order valence-electron chi connectivity index (χ3n) is 1.88. The lowest BCUT2D eigenvalue weighted by molar-refractivity contribution is 0.192. The number of nitrogens with one attached hydrogen (secondary N) is 1. The number of unbranched alkanes of at least 4 members (excludes halogenated alkanes) is 1. The number of ether oxygens (including phenoxy) is 1. The van der Waals surface area contributed by atoms with Gasteiger partial charge in [-0.2, -0.15) is 0 Å². The molecule has 0 unspecified atom stereocenters. The molecule has 0 spiro atoms. The molecule has 80 valence electrons. The van der Waals surface area contributed by atoms with Gasteiger partial charge in [0.1, 0.15) is 5.76 Å². The van der Waals surface area contributed by atoms with E-state index in [2.05, 4.69) is 21.2 Å². The molecule has 0 aliphatic heterocycles. The summed E-state index contributed by atoms with van der Waals surface area (Å²) < 4.78 is 11.1. The van der Waals surface area contributed by atoms with Gasteiger partial charge in [0.2, 0.25) is 0 Å². The van der Waals surface area contributed by atoms with E-state index in [1.807, 2.05) is 12.1 Å². The number of hydrogen-bond acceptors (Lipinski definition) is 3. The fourth-order valence-electron chi connectivity index (χ4n) is 1.15. The van der Waals surface area contributed by atoms with E-state index in [-0.39, 0.29) is 0 Å².